The van der Waals surface area contributed by atoms with E-state index in [1.165, 1.54) is 13.0 Å². The highest BCUT2D eigenvalue weighted by atomic mass is 19.1. The Balaban J connectivity index is 2.18. The predicted octanol–water partition coefficient (Wildman–Crippen LogP) is 1.35. The SMILES string of the molecule is CC(=O)NC(CC(=O)N1CCNC[C@@H]1C)c1ccc(F)cc1F. The number of hydrogen-bond acceptors (Lipinski definition) is 3. The first-order valence-corrected chi connectivity index (χ1v) is 7.60. The molecule has 1 aliphatic heterocycles. The van der Waals surface area contributed by atoms with E-state index in [1.54, 1.807) is 4.90 Å². The molecular weight excluding hydrogens is 304 g/mol. The minimum atomic E-state index is -0.817. The molecule has 0 bridgehead atoms. The van der Waals surface area contributed by atoms with Crippen LogP contribution in [0.2, 0.25) is 0 Å². The van der Waals surface area contributed by atoms with Crippen molar-refractivity contribution in [3.63, 3.8) is 0 Å². The topological polar surface area (TPSA) is 61.4 Å². The smallest absolute Gasteiger partial charge is 0.225 e. The molecule has 0 spiro atoms. The van der Waals surface area contributed by atoms with E-state index < -0.39 is 17.7 Å². The molecule has 2 N–H and O–H groups in total. The van der Waals surface area contributed by atoms with Crippen LogP contribution in [0, 0.1) is 11.6 Å². The summed E-state index contributed by atoms with van der Waals surface area (Å²) < 4.78 is 27.1. The Kier molecular flexibility index (Phi) is 5.65. The van der Waals surface area contributed by atoms with Crippen molar-refractivity contribution in [3.8, 4) is 0 Å². The first-order valence-electron chi connectivity index (χ1n) is 7.60. The van der Waals surface area contributed by atoms with Gasteiger partial charge in [0.05, 0.1) is 12.5 Å². The van der Waals surface area contributed by atoms with E-state index in [9.17, 15) is 18.4 Å². The van der Waals surface area contributed by atoms with Crippen LogP contribution in [0.1, 0.15) is 31.9 Å². The van der Waals surface area contributed by atoms with Crippen molar-refractivity contribution in [3.05, 3.63) is 35.4 Å². The first kappa shape index (κ1) is 17.3. The highest BCUT2D eigenvalue weighted by Crippen LogP contribution is 2.23. The number of nitrogens with one attached hydrogen (secondary N) is 2. The summed E-state index contributed by atoms with van der Waals surface area (Å²) in [4.78, 5) is 25.6. The number of nitrogens with zero attached hydrogens (tertiary/aromatic N) is 1. The van der Waals surface area contributed by atoms with Gasteiger partial charge in [0.1, 0.15) is 11.6 Å². The number of carbonyl (C=O) groups is 2. The molecule has 5 nitrogen and oxygen atoms in total. The minimum absolute atomic E-state index is 0.0345. The van der Waals surface area contributed by atoms with Crippen LogP contribution in [0.3, 0.4) is 0 Å². The van der Waals surface area contributed by atoms with Crippen molar-refractivity contribution in [1.29, 1.82) is 0 Å². The van der Waals surface area contributed by atoms with Gasteiger partial charge in [-0.25, -0.2) is 8.78 Å². The third kappa shape index (κ3) is 4.48. The van der Waals surface area contributed by atoms with Gasteiger partial charge in [0.15, 0.2) is 0 Å². The van der Waals surface area contributed by atoms with Crippen molar-refractivity contribution >= 4 is 11.8 Å². The summed E-state index contributed by atoms with van der Waals surface area (Å²) in [7, 11) is 0. The van der Waals surface area contributed by atoms with Crippen molar-refractivity contribution in [2.75, 3.05) is 19.6 Å². The fourth-order valence-electron chi connectivity index (χ4n) is 2.77. The van der Waals surface area contributed by atoms with Gasteiger partial charge in [0, 0.05) is 44.2 Å². The largest absolute Gasteiger partial charge is 0.349 e. The van der Waals surface area contributed by atoms with Crippen LogP contribution >= 0.6 is 0 Å². The van der Waals surface area contributed by atoms with Crippen molar-refractivity contribution in [2.24, 2.45) is 0 Å². The molecule has 126 valence electrons. The molecule has 1 fully saturated rings. The molecule has 1 aromatic carbocycles. The molecule has 1 heterocycles. The summed E-state index contributed by atoms with van der Waals surface area (Å²) in [6.45, 7) is 5.19. The number of rotatable bonds is 4. The Morgan fingerprint density at radius 2 is 2.17 bits per heavy atom. The highest BCUT2D eigenvalue weighted by molar-refractivity contribution is 5.79. The fourth-order valence-corrected chi connectivity index (χ4v) is 2.77. The summed E-state index contributed by atoms with van der Waals surface area (Å²) >= 11 is 0. The lowest BCUT2D eigenvalue weighted by Crippen LogP contribution is -2.52. The van der Waals surface area contributed by atoms with Crippen molar-refractivity contribution in [2.45, 2.75) is 32.4 Å². The molecule has 2 atom stereocenters. The average Bonchev–Trinajstić information content (AvgIpc) is 2.46. The van der Waals surface area contributed by atoms with E-state index in [2.05, 4.69) is 10.6 Å². The van der Waals surface area contributed by atoms with Crippen LogP contribution in [0.15, 0.2) is 18.2 Å². The summed E-state index contributed by atoms with van der Waals surface area (Å²) in [5.74, 6) is -2.01. The Hall–Kier alpha value is -2.02. The van der Waals surface area contributed by atoms with Crippen molar-refractivity contribution in [1.82, 2.24) is 15.5 Å². The lowest BCUT2D eigenvalue weighted by Gasteiger charge is -2.35. The molecule has 0 radical (unpaired) electrons. The van der Waals surface area contributed by atoms with Crippen LogP contribution in [0.4, 0.5) is 8.78 Å². The van der Waals surface area contributed by atoms with Gasteiger partial charge in [-0.15, -0.1) is 0 Å². The van der Waals surface area contributed by atoms with Gasteiger partial charge in [-0.05, 0) is 13.0 Å². The maximum absolute atomic E-state index is 14.0. The maximum Gasteiger partial charge on any atom is 0.225 e. The molecule has 0 saturated carbocycles. The third-order valence-electron chi connectivity index (χ3n) is 3.92. The predicted molar refractivity (Wildman–Crippen MR) is 81.6 cm³/mol. The lowest BCUT2D eigenvalue weighted by atomic mass is 10.0. The Morgan fingerprint density at radius 1 is 1.43 bits per heavy atom. The van der Waals surface area contributed by atoms with E-state index in [1.807, 2.05) is 6.92 Å². The molecule has 2 rings (SSSR count). The quantitative estimate of drug-likeness (QED) is 0.878. The minimum Gasteiger partial charge on any atom is -0.349 e. The van der Waals surface area contributed by atoms with E-state index >= 15 is 0 Å². The molecule has 2 amide bonds. The number of hydrogen-bond donors (Lipinski definition) is 2. The molecule has 1 aromatic rings. The van der Waals surface area contributed by atoms with Crippen LogP contribution in [0.25, 0.3) is 0 Å². The van der Waals surface area contributed by atoms with E-state index in [0.717, 1.165) is 12.1 Å². The van der Waals surface area contributed by atoms with Gasteiger partial charge in [0.2, 0.25) is 11.8 Å². The van der Waals surface area contributed by atoms with E-state index in [0.29, 0.717) is 19.6 Å². The van der Waals surface area contributed by atoms with Gasteiger partial charge in [-0.1, -0.05) is 6.07 Å². The Labute approximate surface area is 134 Å². The first-order chi connectivity index (χ1) is 10.9. The number of carbonyl (C=O) groups excluding carboxylic acids is 2. The molecule has 0 aliphatic carbocycles. The highest BCUT2D eigenvalue weighted by Gasteiger charge is 2.27. The molecule has 7 heteroatoms. The molecular formula is C16H21F2N3O2. The molecule has 1 saturated heterocycles. The summed E-state index contributed by atoms with van der Waals surface area (Å²) in [5.41, 5.74) is 0.109. The van der Waals surface area contributed by atoms with Crippen LogP contribution in [-0.2, 0) is 9.59 Å². The standard InChI is InChI=1S/C16H21F2N3O2/c1-10-9-19-5-6-21(10)16(23)8-15(20-11(2)22)13-4-3-12(17)7-14(13)18/h3-4,7,10,15,19H,5-6,8-9H2,1-2H3,(H,20,22)/t10-,15?/m0/s1. The lowest BCUT2D eigenvalue weighted by molar-refractivity contribution is -0.134. The second kappa shape index (κ2) is 7.50. The summed E-state index contributed by atoms with van der Waals surface area (Å²) in [6, 6.07) is 2.35. The van der Waals surface area contributed by atoms with Gasteiger partial charge in [0.25, 0.3) is 0 Å². The van der Waals surface area contributed by atoms with Crippen molar-refractivity contribution < 1.29 is 18.4 Å². The third-order valence-corrected chi connectivity index (χ3v) is 3.92. The van der Waals surface area contributed by atoms with Gasteiger partial charge in [-0.2, -0.15) is 0 Å². The fraction of sp³-hybridized carbons (Fsp3) is 0.500. The number of benzene rings is 1. The molecule has 1 aliphatic rings. The second-order valence-corrected chi connectivity index (χ2v) is 5.76. The number of halogens is 2. The number of amides is 2. The zero-order valence-electron chi connectivity index (χ0n) is 13.2. The summed E-state index contributed by atoms with van der Waals surface area (Å²) in [5, 5.41) is 5.76. The molecule has 1 unspecified atom stereocenters. The Bertz CT molecular complexity index is 595. The monoisotopic (exact) mass is 325 g/mol. The average molecular weight is 325 g/mol. The van der Waals surface area contributed by atoms with Gasteiger partial charge in [-0.3, -0.25) is 9.59 Å². The van der Waals surface area contributed by atoms with Crippen LogP contribution in [-0.4, -0.2) is 42.4 Å². The second-order valence-electron chi connectivity index (χ2n) is 5.76. The zero-order chi connectivity index (χ0) is 17.0. The maximum atomic E-state index is 14.0. The van der Waals surface area contributed by atoms with E-state index in [-0.39, 0.29) is 29.8 Å². The van der Waals surface area contributed by atoms with Crippen LogP contribution < -0.4 is 10.6 Å². The zero-order valence-corrected chi connectivity index (χ0v) is 13.2. The van der Waals surface area contributed by atoms with Gasteiger partial charge < -0.3 is 15.5 Å². The Morgan fingerprint density at radius 3 is 2.78 bits per heavy atom. The molecule has 0 aromatic heterocycles. The number of piperazine rings is 1. The van der Waals surface area contributed by atoms with Gasteiger partial charge >= 0.3 is 0 Å². The summed E-state index contributed by atoms with van der Waals surface area (Å²) in [6.07, 6.45) is -0.0630. The van der Waals surface area contributed by atoms with E-state index in [4.69, 9.17) is 0 Å². The van der Waals surface area contributed by atoms with Crippen LogP contribution in [0.5, 0.6) is 0 Å². The normalized spacial score (nSPS) is 19.3. The molecule has 23 heavy (non-hydrogen) atoms.